The summed E-state index contributed by atoms with van der Waals surface area (Å²) in [4.78, 5) is 13.9. The van der Waals surface area contributed by atoms with E-state index in [1.54, 1.807) is 0 Å². The van der Waals surface area contributed by atoms with Gasteiger partial charge >= 0.3 is 6.18 Å². The number of rotatable bonds is 6. The summed E-state index contributed by atoms with van der Waals surface area (Å²) in [5.41, 5.74) is -0.426. The number of halogens is 4. The molecule has 0 amide bonds. The molecule has 1 aromatic heterocycles. The van der Waals surface area contributed by atoms with E-state index in [9.17, 15) is 18.0 Å². The Morgan fingerprint density at radius 1 is 1.48 bits per heavy atom. The van der Waals surface area contributed by atoms with Crippen molar-refractivity contribution >= 4 is 21.6 Å². The predicted molar refractivity (Wildman–Crippen MR) is 78.5 cm³/mol. The lowest BCUT2D eigenvalue weighted by molar-refractivity contribution is -0.143. The molecule has 21 heavy (non-hydrogen) atoms. The fourth-order valence-electron chi connectivity index (χ4n) is 1.50. The molecule has 1 rings (SSSR count). The molecule has 0 aromatic carbocycles. The third kappa shape index (κ3) is 5.66. The van der Waals surface area contributed by atoms with Gasteiger partial charge in [-0.1, -0.05) is 0 Å². The van der Waals surface area contributed by atoms with Gasteiger partial charge in [-0.2, -0.15) is 18.3 Å². The van der Waals surface area contributed by atoms with Crippen molar-refractivity contribution in [1.29, 1.82) is 0 Å². The van der Waals surface area contributed by atoms with Gasteiger partial charge in [0.2, 0.25) is 0 Å². The minimum Gasteiger partial charge on any atom is -0.381 e. The highest BCUT2D eigenvalue weighted by molar-refractivity contribution is 9.10. The maximum atomic E-state index is 12.3. The van der Waals surface area contributed by atoms with Crippen LogP contribution in [-0.4, -0.2) is 47.0 Å². The highest BCUT2D eigenvalue weighted by Crippen LogP contribution is 2.19. The van der Waals surface area contributed by atoms with Crippen LogP contribution in [0.15, 0.2) is 15.5 Å². The number of hydrogen-bond donors (Lipinski definition) is 1. The second-order valence-electron chi connectivity index (χ2n) is 4.95. The summed E-state index contributed by atoms with van der Waals surface area (Å²) in [5, 5.41) is 6.52. The summed E-state index contributed by atoms with van der Waals surface area (Å²) in [7, 11) is 1.96. The molecule has 0 fully saturated rings. The molecule has 9 heteroatoms. The Morgan fingerprint density at radius 2 is 2.10 bits per heavy atom. The fourth-order valence-corrected chi connectivity index (χ4v) is 1.94. The molecular weight excluding hydrogens is 353 g/mol. The third-order valence-electron chi connectivity index (χ3n) is 2.98. The highest BCUT2D eigenvalue weighted by atomic mass is 79.9. The lowest BCUT2D eigenvalue weighted by Gasteiger charge is -2.21. The van der Waals surface area contributed by atoms with Crippen LogP contribution >= 0.6 is 15.9 Å². The average Bonchev–Trinajstić information content (AvgIpc) is 2.36. The molecule has 120 valence electrons. The molecule has 0 spiro atoms. The molecule has 0 aliphatic rings. The van der Waals surface area contributed by atoms with Crippen LogP contribution in [0.1, 0.15) is 13.8 Å². The van der Waals surface area contributed by atoms with Crippen LogP contribution in [0.5, 0.6) is 0 Å². The molecule has 1 heterocycles. The summed E-state index contributed by atoms with van der Waals surface area (Å²) in [5.74, 6) is 0. The normalized spacial score (nSPS) is 12.2. The van der Waals surface area contributed by atoms with Crippen LogP contribution < -0.4 is 10.9 Å². The Hall–Kier alpha value is -1.09. The van der Waals surface area contributed by atoms with E-state index in [1.807, 2.05) is 7.05 Å². The zero-order valence-electron chi connectivity index (χ0n) is 12.0. The van der Waals surface area contributed by atoms with Gasteiger partial charge in [-0.05, 0) is 36.8 Å². The number of nitrogens with one attached hydrogen (secondary N) is 1. The monoisotopic (exact) mass is 370 g/mol. The van der Waals surface area contributed by atoms with Gasteiger partial charge in [-0.15, -0.1) is 0 Å². The van der Waals surface area contributed by atoms with Gasteiger partial charge in [0.05, 0.1) is 11.9 Å². The number of anilines is 1. The van der Waals surface area contributed by atoms with Gasteiger partial charge in [0.25, 0.3) is 5.56 Å². The van der Waals surface area contributed by atoms with Crippen molar-refractivity contribution in [3.05, 3.63) is 21.0 Å². The zero-order valence-corrected chi connectivity index (χ0v) is 13.6. The summed E-state index contributed by atoms with van der Waals surface area (Å²) in [6.45, 7) is 3.99. The molecule has 0 aliphatic heterocycles. The Labute approximate surface area is 129 Å². The Kier molecular flexibility index (Phi) is 6.21. The van der Waals surface area contributed by atoms with E-state index in [1.165, 1.54) is 6.20 Å². The van der Waals surface area contributed by atoms with Crippen molar-refractivity contribution in [2.45, 2.75) is 32.6 Å². The molecule has 0 aliphatic carbocycles. The fraction of sp³-hybridized carbons (Fsp3) is 0.667. The van der Waals surface area contributed by atoms with Crippen molar-refractivity contribution in [3.8, 4) is 0 Å². The molecule has 0 unspecified atom stereocenters. The maximum absolute atomic E-state index is 12.3. The Balaban J connectivity index is 2.74. The van der Waals surface area contributed by atoms with Crippen LogP contribution in [0, 0.1) is 0 Å². The van der Waals surface area contributed by atoms with Gasteiger partial charge < -0.3 is 10.2 Å². The first-order chi connectivity index (χ1) is 9.61. The summed E-state index contributed by atoms with van der Waals surface area (Å²) < 4.78 is 37.3. The molecule has 0 radical (unpaired) electrons. The standard InChI is InChI=1S/C12H18BrF3N4O/c1-8(2)19(3)5-4-17-9-6-18-20(7-12(14,15)16)11(21)10(9)13/h6,8,17H,4-5,7H2,1-3H3. The second kappa shape index (κ2) is 7.26. The van der Waals surface area contributed by atoms with E-state index in [4.69, 9.17) is 0 Å². The first kappa shape index (κ1) is 18.0. The van der Waals surface area contributed by atoms with Crippen LogP contribution in [0.3, 0.4) is 0 Å². The molecule has 0 bridgehead atoms. The second-order valence-corrected chi connectivity index (χ2v) is 5.74. The molecular formula is C12H18BrF3N4O. The molecule has 0 saturated carbocycles. The SMILES string of the molecule is CC(C)N(C)CCNc1cnn(CC(F)(F)F)c(=O)c1Br. The molecule has 1 aromatic rings. The molecule has 0 saturated heterocycles. The number of alkyl halides is 3. The first-order valence-corrected chi connectivity index (χ1v) is 7.17. The Morgan fingerprint density at radius 3 is 2.62 bits per heavy atom. The highest BCUT2D eigenvalue weighted by Gasteiger charge is 2.29. The molecule has 1 N–H and O–H groups in total. The largest absolute Gasteiger partial charge is 0.408 e. The van der Waals surface area contributed by atoms with E-state index in [0.29, 0.717) is 23.0 Å². The van der Waals surface area contributed by atoms with Crippen LogP contribution in [0.4, 0.5) is 18.9 Å². The predicted octanol–water partition coefficient (Wildman–Crippen LogP) is 2.32. The zero-order chi connectivity index (χ0) is 16.2. The van der Waals surface area contributed by atoms with E-state index >= 15 is 0 Å². The quantitative estimate of drug-likeness (QED) is 0.834. The number of hydrogen-bond acceptors (Lipinski definition) is 4. The van der Waals surface area contributed by atoms with Crippen molar-refractivity contribution in [2.75, 3.05) is 25.5 Å². The Bertz CT molecular complexity index is 530. The van der Waals surface area contributed by atoms with Crippen molar-refractivity contribution < 1.29 is 13.2 Å². The molecule has 0 atom stereocenters. The number of likely N-dealkylation sites (N-methyl/N-ethyl adjacent to an activating group) is 1. The third-order valence-corrected chi connectivity index (χ3v) is 3.74. The van der Waals surface area contributed by atoms with Crippen LogP contribution in [0.25, 0.3) is 0 Å². The van der Waals surface area contributed by atoms with Gasteiger partial charge in [-0.3, -0.25) is 4.79 Å². The van der Waals surface area contributed by atoms with E-state index in [2.05, 4.69) is 45.1 Å². The topological polar surface area (TPSA) is 50.2 Å². The smallest absolute Gasteiger partial charge is 0.381 e. The van der Waals surface area contributed by atoms with Crippen molar-refractivity contribution in [2.24, 2.45) is 0 Å². The summed E-state index contributed by atoms with van der Waals surface area (Å²) in [6.07, 6.45) is -3.27. The summed E-state index contributed by atoms with van der Waals surface area (Å²) in [6, 6.07) is 0.383. The number of aromatic nitrogens is 2. The number of nitrogens with zero attached hydrogens (tertiary/aromatic N) is 3. The van der Waals surface area contributed by atoms with E-state index in [0.717, 1.165) is 6.54 Å². The van der Waals surface area contributed by atoms with Crippen LogP contribution in [-0.2, 0) is 6.54 Å². The average molecular weight is 371 g/mol. The first-order valence-electron chi connectivity index (χ1n) is 6.38. The van der Waals surface area contributed by atoms with Crippen molar-refractivity contribution in [1.82, 2.24) is 14.7 Å². The van der Waals surface area contributed by atoms with Gasteiger partial charge in [0.1, 0.15) is 11.0 Å². The lowest BCUT2D eigenvalue weighted by Crippen LogP contribution is -2.33. The minimum absolute atomic E-state index is 0.0500. The summed E-state index contributed by atoms with van der Waals surface area (Å²) >= 11 is 3.02. The van der Waals surface area contributed by atoms with Gasteiger partial charge in [0, 0.05) is 19.1 Å². The van der Waals surface area contributed by atoms with Gasteiger partial charge in [0.15, 0.2) is 0 Å². The van der Waals surface area contributed by atoms with E-state index < -0.39 is 18.3 Å². The lowest BCUT2D eigenvalue weighted by atomic mass is 10.3. The minimum atomic E-state index is -4.48. The van der Waals surface area contributed by atoms with Crippen molar-refractivity contribution in [3.63, 3.8) is 0 Å². The maximum Gasteiger partial charge on any atom is 0.408 e. The molecule has 5 nitrogen and oxygen atoms in total. The van der Waals surface area contributed by atoms with Gasteiger partial charge in [-0.25, -0.2) is 4.68 Å². The van der Waals surface area contributed by atoms with Crippen LogP contribution in [0.2, 0.25) is 0 Å². The van der Waals surface area contributed by atoms with E-state index in [-0.39, 0.29) is 4.47 Å².